The molecule has 1 rings (SSSR count). The Morgan fingerprint density at radius 2 is 1.80 bits per heavy atom. The third kappa shape index (κ3) is 7.36. The molecule has 0 aliphatic rings. The van der Waals surface area contributed by atoms with Crippen molar-refractivity contribution < 1.29 is 19.1 Å². The van der Waals surface area contributed by atoms with E-state index in [1.54, 1.807) is 20.8 Å². The van der Waals surface area contributed by atoms with E-state index in [9.17, 15) is 9.59 Å². The average molecular weight is 276 g/mol. The second-order valence-electron chi connectivity index (χ2n) is 5.28. The molecule has 20 heavy (non-hydrogen) atoms. The summed E-state index contributed by atoms with van der Waals surface area (Å²) in [6.07, 6.45) is 2.96. The summed E-state index contributed by atoms with van der Waals surface area (Å²) in [5, 5.41) is 0. The standard InChI is InChI=1S/C16H20O4/c1-16(2,3)20-14(17)10-7-11-19-15(18)12-13-8-5-4-6-9-13/h4-10H,11-12H2,1-3H3. The van der Waals surface area contributed by atoms with Gasteiger partial charge in [-0.25, -0.2) is 4.79 Å². The molecule has 0 atom stereocenters. The lowest BCUT2D eigenvalue weighted by molar-refractivity contribution is -0.149. The number of esters is 2. The first-order valence-electron chi connectivity index (χ1n) is 6.46. The van der Waals surface area contributed by atoms with E-state index in [2.05, 4.69) is 0 Å². The highest BCUT2D eigenvalue weighted by Crippen LogP contribution is 2.07. The van der Waals surface area contributed by atoms with Gasteiger partial charge >= 0.3 is 11.9 Å². The van der Waals surface area contributed by atoms with Gasteiger partial charge in [-0.2, -0.15) is 0 Å². The number of carbonyl (C=O) groups excluding carboxylic acids is 2. The highest BCUT2D eigenvalue weighted by atomic mass is 16.6. The van der Waals surface area contributed by atoms with Crippen LogP contribution in [0.3, 0.4) is 0 Å². The molecule has 0 aromatic heterocycles. The molecule has 4 heteroatoms. The summed E-state index contributed by atoms with van der Waals surface area (Å²) < 4.78 is 10.1. The lowest BCUT2D eigenvalue weighted by atomic mass is 10.2. The minimum absolute atomic E-state index is 0.0604. The van der Waals surface area contributed by atoms with Crippen LogP contribution in [0.1, 0.15) is 26.3 Å². The first kappa shape index (κ1) is 16.0. The molecule has 0 saturated heterocycles. The Morgan fingerprint density at radius 1 is 1.15 bits per heavy atom. The maximum atomic E-state index is 11.5. The topological polar surface area (TPSA) is 52.6 Å². The minimum atomic E-state index is -0.522. The SMILES string of the molecule is CC(C)(C)OC(=O)C=CCOC(=O)Cc1ccccc1. The van der Waals surface area contributed by atoms with Gasteiger partial charge in [0, 0.05) is 6.08 Å². The quantitative estimate of drug-likeness (QED) is 0.613. The van der Waals surface area contributed by atoms with Gasteiger partial charge < -0.3 is 9.47 Å². The number of hydrogen-bond acceptors (Lipinski definition) is 4. The van der Waals surface area contributed by atoms with Crippen molar-refractivity contribution in [1.29, 1.82) is 0 Å². The Balaban J connectivity index is 2.27. The zero-order valence-corrected chi connectivity index (χ0v) is 12.1. The van der Waals surface area contributed by atoms with Gasteiger partial charge in [0.05, 0.1) is 6.42 Å². The lowest BCUT2D eigenvalue weighted by Crippen LogP contribution is -2.22. The molecule has 0 bridgehead atoms. The first-order chi connectivity index (χ1) is 9.37. The summed E-state index contributed by atoms with van der Waals surface area (Å²) in [6, 6.07) is 9.34. The van der Waals surface area contributed by atoms with Crippen LogP contribution in [0.25, 0.3) is 0 Å². The largest absolute Gasteiger partial charge is 0.461 e. The smallest absolute Gasteiger partial charge is 0.331 e. The summed E-state index contributed by atoms with van der Waals surface area (Å²) in [4.78, 5) is 22.9. The molecule has 0 N–H and O–H groups in total. The van der Waals surface area contributed by atoms with E-state index in [1.807, 2.05) is 30.3 Å². The molecule has 0 aliphatic carbocycles. The number of rotatable bonds is 5. The molecule has 0 radical (unpaired) electrons. The van der Waals surface area contributed by atoms with E-state index in [0.717, 1.165) is 5.56 Å². The fourth-order valence-electron chi connectivity index (χ4n) is 1.43. The van der Waals surface area contributed by atoms with Crippen molar-refractivity contribution in [3.8, 4) is 0 Å². The van der Waals surface area contributed by atoms with Crippen LogP contribution in [0.15, 0.2) is 42.5 Å². The molecular weight excluding hydrogens is 256 g/mol. The summed E-state index contributed by atoms with van der Waals surface area (Å²) in [7, 11) is 0. The van der Waals surface area contributed by atoms with Crippen LogP contribution < -0.4 is 0 Å². The van der Waals surface area contributed by atoms with E-state index in [0.29, 0.717) is 0 Å². The summed E-state index contributed by atoms with van der Waals surface area (Å²) in [5.74, 6) is -0.776. The van der Waals surface area contributed by atoms with Crippen LogP contribution in [0, 0.1) is 0 Å². The van der Waals surface area contributed by atoms with Gasteiger partial charge in [-0.1, -0.05) is 30.3 Å². The first-order valence-corrected chi connectivity index (χ1v) is 6.46. The van der Waals surface area contributed by atoms with E-state index >= 15 is 0 Å². The molecule has 0 saturated carbocycles. The van der Waals surface area contributed by atoms with E-state index < -0.39 is 11.6 Å². The molecule has 0 amide bonds. The minimum Gasteiger partial charge on any atom is -0.461 e. The molecule has 0 spiro atoms. The van der Waals surface area contributed by atoms with Crippen LogP contribution in [-0.2, 0) is 25.5 Å². The Labute approximate surface area is 119 Å². The Morgan fingerprint density at radius 3 is 2.40 bits per heavy atom. The van der Waals surface area contributed by atoms with Gasteiger partial charge in [0.25, 0.3) is 0 Å². The molecule has 1 aromatic carbocycles. The van der Waals surface area contributed by atoms with Crippen molar-refractivity contribution in [1.82, 2.24) is 0 Å². The maximum Gasteiger partial charge on any atom is 0.331 e. The Bertz CT molecular complexity index is 469. The van der Waals surface area contributed by atoms with Crippen molar-refractivity contribution in [2.24, 2.45) is 0 Å². The van der Waals surface area contributed by atoms with E-state index in [-0.39, 0.29) is 19.0 Å². The average Bonchev–Trinajstić information content (AvgIpc) is 2.34. The molecular formula is C16H20O4. The monoisotopic (exact) mass is 276 g/mol. The van der Waals surface area contributed by atoms with Crippen LogP contribution >= 0.6 is 0 Å². The van der Waals surface area contributed by atoms with Crippen molar-refractivity contribution in [2.75, 3.05) is 6.61 Å². The molecule has 1 aromatic rings. The second kappa shape index (κ2) is 7.48. The highest BCUT2D eigenvalue weighted by molar-refractivity contribution is 5.82. The van der Waals surface area contributed by atoms with Crippen LogP contribution in [0.2, 0.25) is 0 Å². The molecule has 0 heterocycles. The molecule has 0 fully saturated rings. The summed E-state index contributed by atoms with van der Waals surface area (Å²) in [6.45, 7) is 5.43. The van der Waals surface area contributed by atoms with Crippen molar-refractivity contribution in [2.45, 2.75) is 32.8 Å². The maximum absolute atomic E-state index is 11.5. The van der Waals surface area contributed by atoms with Gasteiger partial charge in [0.1, 0.15) is 12.2 Å². The second-order valence-corrected chi connectivity index (χ2v) is 5.28. The summed E-state index contributed by atoms with van der Waals surface area (Å²) >= 11 is 0. The van der Waals surface area contributed by atoms with E-state index in [1.165, 1.54) is 12.2 Å². The van der Waals surface area contributed by atoms with Gasteiger partial charge in [0.15, 0.2) is 0 Å². The molecule has 108 valence electrons. The number of carbonyl (C=O) groups is 2. The number of ether oxygens (including phenoxy) is 2. The predicted octanol–water partition coefficient (Wildman–Crippen LogP) is 2.67. The zero-order chi connectivity index (χ0) is 15.0. The fraction of sp³-hybridized carbons (Fsp3) is 0.375. The Kier molecular flexibility index (Phi) is 5.97. The summed E-state index contributed by atoms with van der Waals surface area (Å²) in [5.41, 5.74) is 0.374. The van der Waals surface area contributed by atoms with Gasteiger partial charge in [-0.3, -0.25) is 4.79 Å². The van der Waals surface area contributed by atoms with Gasteiger partial charge in [-0.05, 0) is 32.4 Å². The molecule has 0 unspecified atom stereocenters. The predicted molar refractivity (Wildman–Crippen MR) is 76.1 cm³/mol. The van der Waals surface area contributed by atoms with Crippen LogP contribution in [0.5, 0.6) is 0 Å². The normalized spacial score (nSPS) is 11.3. The van der Waals surface area contributed by atoms with Crippen LogP contribution in [0.4, 0.5) is 0 Å². The highest BCUT2D eigenvalue weighted by Gasteiger charge is 2.13. The zero-order valence-electron chi connectivity index (χ0n) is 12.1. The van der Waals surface area contributed by atoms with Crippen molar-refractivity contribution in [3.63, 3.8) is 0 Å². The van der Waals surface area contributed by atoms with Crippen molar-refractivity contribution in [3.05, 3.63) is 48.0 Å². The Hall–Kier alpha value is -2.10. The van der Waals surface area contributed by atoms with Crippen molar-refractivity contribution >= 4 is 11.9 Å². The number of hydrogen-bond donors (Lipinski definition) is 0. The molecule has 4 nitrogen and oxygen atoms in total. The van der Waals surface area contributed by atoms with Crippen LogP contribution in [-0.4, -0.2) is 24.1 Å². The van der Waals surface area contributed by atoms with Gasteiger partial charge in [0.2, 0.25) is 0 Å². The molecule has 0 aliphatic heterocycles. The van der Waals surface area contributed by atoms with Gasteiger partial charge in [-0.15, -0.1) is 0 Å². The third-order valence-electron chi connectivity index (χ3n) is 2.19. The third-order valence-corrected chi connectivity index (χ3v) is 2.19. The fourth-order valence-corrected chi connectivity index (χ4v) is 1.43. The van der Waals surface area contributed by atoms with E-state index in [4.69, 9.17) is 9.47 Å². The lowest BCUT2D eigenvalue weighted by Gasteiger charge is -2.17. The number of benzene rings is 1.